The molecule has 1 aliphatic carbocycles. The average Bonchev–Trinajstić information content (AvgIpc) is 3.14. The van der Waals surface area contributed by atoms with E-state index in [0.717, 1.165) is 36.8 Å². The molecule has 1 aromatic carbocycles. The fraction of sp³-hybridized carbons (Fsp3) is 0.556. The lowest BCUT2D eigenvalue weighted by Crippen LogP contribution is -2.49. The summed E-state index contributed by atoms with van der Waals surface area (Å²) in [5.74, 6) is 0.0190. The first-order valence-corrected chi connectivity index (χ1v) is 8.40. The molecule has 0 spiro atoms. The predicted molar refractivity (Wildman–Crippen MR) is 85.4 cm³/mol. The largest absolute Gasteiger partial charge is 0.352 e. The molecule has 1 atom stereocenters. The molecule has 1 aromatic rings. The second-order valence-corrected chi connectivity index (χ2v) is 6.38. The highest BCUT2D eigenvalue weighted by Crippen LogP contribution is 2.26. The van der Waals surface area contributed by atoms with Crippen molar-refractivity contribution >= 4 is 11.8 Å². The number of carbonyl (C=O) groups is 2. The summed E-state index contributed by atoms with van der Waals surface area (Å²) in [6.45, 7) is 2.61. The van der Waals surface area contributed by atoms with Crippen LogP contribution in [-0.2, 0) is 11.3 Å². The first-order valence-electron chi connectivity index (χ1n) is 8.40. The fourth-order valence-electron chi connectivity index (χ4n) is 3.60. The summed E-state index contributed by atoms with van der Waals surface area (Å²) in [6.07, 6.45) is 6.13. The maximum atomic E-state index is 12.7. The summed E-state index contributed by atoms with van der Waals surface area (Å²) in [4.78, 5) is 27.0. The Kier molecular flexibility index (Phi) is 4.46. The minimum atomic E-state index is -0.342. The van der Waals surface area contributed by atoms with Crippen molar-refractivity contribution in [2.75, 3.05) is 0 Å². The third-order valence-electron chi connectivity index (χ3n) is 4.79. The van der Waals surface area contributed by atoms with E-state index in [-0.39, 0.29) is 17.9 Å². The Morgan fingerprint density at radius 1 is 1.32 bits per heavy atom. The topological polar surface area (TPSA) is 49.4 Å². The molecule has 1 aliphatic heterocycles. The van der Waals surface area contributed by atoms with Gasteiger partial charge in [0.2, 0.25) is 5.91 Å². The zero-order chi connectivity index (χ0) is 15.5. The highest BCUT2D eigenvalue weighted by molar-refractivity contribution is 6.01. The fourth-order valence-corrected chi connectivity index (χ4v) is 3.60. The Morgan fingerprint density at radius 2 is 2.05 bits per heavy atom. The van der Waals surface area contributed by atoms with Crippen LogP contribution in [0.2, 0.25) is 0 Å². The van der Waals surface area contributed by atoms with Crippen molar-refractivity contribution in [1.29, 1.82) is 0 Å². The minimum absolute atomic E-state index is 0.00405. The van der Waals surface area contributed by atoms with E-state index in [0.29, 0.717) is 12.6 Å². The Bertz CT molecular complexity index is 564. The number of hydrogen-bond acceptors (Lipinski definition) is 2. The van der Waals surface area contributed by atoms with Crippen molar-refractivity contribution in [1.82, 2.24) is 10.2 Å². The monoisotopic (exact) mass is 300 g/mol. The second-order valence-electron chi connectivity index (χ2n) is 6.38. The van der Waals surface area contributed by atoms with Gasteiger partial charge in [0.25, 0.3) is 5.91 Å². The number of benzene rings is 1. The van der Waals surface area contributed by atoms with Crippen LogP contribution in [-0.4, -0.2) is 28.8 Å². The standard InChI is InChI=1S/C18H24N2O2/c1-2-7-16(17(21)19-14-9-4-5-10-14)20-12-13-8-3-6-11-15(13)18(20)22/h3,6,8,11,14,16H,2,4-5,7,9-10,12H2,1H3,(H,19,21)/t16-/m1/s1. The molecule has 0 radical (unpaired) electrons. The van der Waals surface area contributed by atoms with E-state index in [4.69, 9.17) is 0 Å². The number of hydrogen-bond donors (Lipinski definition) is 1. The summed E-state index contributed by atoms with van der Waals surface area (Å²) < 4.78 is 0. The van der Waals surface area contributed by atoms with E-state index in [2.05, 4.69) is 12.2 Å². The number of rotatable bonds is 5. The summed E-state index contributed by atoms with van der Waals surface area (Å²) in [5, 5.41) is 3.16. The summed E-state index contributed by atoms with van der Waals surface area (Å²) in [5.41, 5.74) is 1.78. The molecule has 4 heteroatoms. The van der Waals surface area contributed by atoms with Gasteiger partial charge in [-0.05, 0) is 30.9 Å². The van der Waals surface area contributed by atoms with Crippen molar-refractivity contribution in [3.05, 3.63) is 35.4 Å². The van der Waals surface area contributed by atoms with E-state index < -0.39 is 0 Å². The predicted octanol–water partition coefficient (Wildman–Crippen LogP) is 2.87. The van der Waals surface area contributed by atoms with Crippen molar-refractivity contribution < 1.29 is 9.59 Å². The molecule has 22 heavy (non-hydrogen) atoms. The highest BCUT2D eigenvalue weighted by Gasteiger charge is 2.36. The SMILES string of the molecule is CCC[C@H](C(=O)NC1CCCC1)N1Cc2ccccc2C1=O. The van der Waals surface area contributed by atoms with Gasteiger partial charge in [0.1, 0.15) is 6.04 Å². The molecule has 0 saturated heterocycles. The summed E-state index contributed by atoms with van der Waals surface area (Å²) in [7, 11) is 0. The molecule has 3 rings (SSSR count). The third-order valence-corrected chi connectivity index (χ3v) is 4.79. The molecular weight excluding hydrogens is 276 g/mol. The molecular formula is C18H24N2O2. The molecule has 4 nitrogen and oxygen atoms in total. The van der Waals surface area contributed by atoms with Gasteiger partial charge in [-0.15, -0.1) is 0 Å². The van der Waals surface area contributed by atoms with Gasteiger partial charge >= 0.3 is 0 Å². The second kappa shape index (κ2) is 6.51. The number of fused-ring (bicyclic) bond motifs is 1. The van der Waals surface area contributed by atoms with Gasteiger partial charge in [0.05, 0.1) is 0 Å². The molecule has 2 amide bonds. The van der Waals surface area contributed by atoms with E-state index in [1.54, 1.807) is 4.90 Å². The summed E-state index contributed by atoms with van der Waals surface area (Å²) >= 11 is 0. The van der Waals surface area contributed by atoms with Gasteiger partial charge in [-0.2, -0.15) is 0 Å². The van der Waals surface area contributed by atoms with Gasteiger partial charge in [0, 0.05) is 18.2 Å². The van der Waals surface area contributed by atoms with Gasteiger partial charge in [-0.3, -0.25) is 9.59 Å². The molecule has 1 N–H and O–H groups in total. The van der Waals surface area contributed by atoms with Crippen molar-refractivity contribution in [3.63, 3.8) is 0 Å². The van der Waals surface area contributed by atoms with E-state index in [1.807, 2.05) is 24.3 Å². The van der Waals surface area contributed by atoms with Crippen LogP contribution in [0.1, 0.15) is 61.4 Å². The molecule has 1 fully saturated rings. The first-order chi connectivity index (χ1) is 10.7. The Balaban J connectivity index is 1.74. The number of nitrogens with zero attached hydrogens (tertiary/aromatic N) is 1. The molecule has 1 saturated carbocycles. The van der Waals surface area contributed by atoms with Crippen LogP contribution in [0.3, 0.4) is 0 Å². The normalized spacial score (nSPS) is 19.3. The quantitative estimate of drug-likeness (QED) is 0.909. The van der Waals surface area contributed by atoms with Crippen LogP contribution in [0.25, 0.3) is 0 Å². The van der Waals surface area contributed by atoms with Gasteiger partial charge in [0.15, 0.2) is 0 Å². The van der Waals surface area contributed by atoms with Crippen LogP contribution in [0.4, 0.5) is 0 Å². The highest BCUT2D eigenvalue weighted by atomic mass is 16.2. The lowest BCUT2D eigenvalue weighted by Gasteiger charge is -2.28. The van der Waals surface area contributed by atoms with E-state index >= 15 is 0 Å². The van der Waals surface area contributed by atoms with Crippen LogP contribution < -0.4 is 5.32 Å². The van der Waals surface area contributed by atoms with Gasteiger partial charge in [-0.25, -0.2) is 0 Å². The number of nitrogens with one attached hydrogen (secondary N) is 1. The average molecular weight is 300 g/mol. The molecule has 0 bridgehead atoms. The third kappa shape index (κ3) is 2.87. The van der Waals surface area contributed by atoms with Crippen LogP contribution >= 0.6 is 0 Å². The number of amides is 2. The number of carbonyl (C=O) groups excluding carboxylic acids is 2. The zero-order valence-electron chi connectivity index (χ0n) is 13.2. The van der Waals surface area contributed by atoms with Gasteiger partial charge in [-0.1, -0.05) is 44.4 Å². The molecule has 2 aliphatic rings. The Hall–Kier alpha value is -1.84. The van der Waals surface area contributed by atoms with E-state index in [1.165, 1.54) is 12.8 Å². The smallest absolute Gasteiger partial charge is 0.255 e. The van der Waals surface area contributed by atoms with Crippen molar-refractivity contribution in [3.8, 4) is 0 Å². The van der Waals surface area contributed by atoms with Crippen LogP contribution in [0.5, 0.6) is 0 Å². The molecule has 0 unspecified atom stereocenters. The van der Waals surface area contributed by atoms with Crippen molar-refractivity contribution in [2.45, 2.75) is 64.1 Å². The maximum Gasteiger partial charge on any atom is 0.255 e. The Labute approximate surface area is 131 Å². The van der Waals surface area contributed by atoms with Crippen molar-refractivity contribution in [2.24, 2.45) is 0 Å². The van der Waals surface area contributed by atoms with E-state index in [9.17, 15) is 9.59 Å². The molecule has 118 valence electrons. The van der Waals surface area contributed by atoms with Gasteiger partial charge < -0.3 is 10.2 Å². The molecule has 0 aromatic heterocycles. The zero-order valence-corrected chi connectivity index (χ0v) is 13.2. The maximum absolute atomic E-state index is 12.7. The lowest BCUT2D eigenvalue weighted by atomic mass is 10.1. The Morgan fingerprint density at radius 3 is 2.73 bits per heavy atom. The first kappa shape index (κ1) is 15.1. The molecule has 1 heterocycles. The van der Waals surface area contributed by atoms with Crippen LogP contribution in [0, 0.1) is 0 Å². The minimum Gasteiger partial charge on any atom is -0.352 e. The summed E-state index contributed by atoms with van der Waals surface area (Å²) in [6, 6.07) is 7.62. The lowest BCUT2D eigenvalue weighted by molar-refractivity contribution is -0.126. The van der Waals surface area contributed by atoms with Crippen LogP contribution in [0.15, 0.2) is 24.3 Å².